The van der Waals surface area contributed by atoms with Gasteiger partial charge in [-0.05, 0) is 30.5 Å². The highest BCUT2D eigenvalue weighted by molar-refractivity contribution is 5.81. The quantitative estimate of drug-likeness (QED) is 0.750. The number of aromatic nitrogens is 1. The van der Waals surface area contributed by atoms with Crippen LogP contribution in [0.4, 0.5) is 0 Å². The average molecular weight is 206 g/mol. The predicted octanol–water partition coefficient (Wildman–Crippen LogP) is 1.03. The van der Waals surface area contributed by atoms with Crippen LogP contribution >= 0.6 is 0 Å². The van der Waals surface area contributed by atoms with E-state index in [1.165, 1.54) is 7.11 Å². The second-order valence-corrected chi connectivity index (χ2v) is 3.91. The van der Waals surface area contributed by atoms with Crippen LogP contribution in [-0.2, 0) is 9.53 Å². The van der Waals surface area contributed by atoms with Crippen LogP contribution in [0.5, 0.6) is 0 Å². The van der Waals surface area contributed by atoms with Crippen molar-refractivity contribution in [3.05, 3.63) is 30.1 Å². The molecule has 1 atom stereocenters. The number of methoxy groups -OCH3 is 1. The van der Waals surface area contributed by atoms with Gasteiger partial charge in [-0.3, -0.25) is 9.78 Å². The van der Waals surface area contributed by atoms with Gasteiger partial charge < -0.3 is 10.5 Å². The lowest BCUT2D eigenvalue weighted by molar-refractivity contribution is -0.148. The first-order chi connectivity index (χ1) is 7.20. The first-order valence-electron chi connectivity index (χ1n) is 4.94. The van der Waals surface area contributed by atoms with E-state index in [0.29, 0.717) is 0 Å². The number of hydrogen-bond donors (Lipinski definition) is 1. The molecule has 2 N–H and O–H groups in total. The molecular formula is C11H14N2O2. The van der Waals surface area contributed by atoms with Gasteiger partial charge in [0.15, 0.2) is 0 Å². The van der Waals surface area contributed by atoms with Crippen molar-refractivity contribution in [2.75, 3.05) is 7.11 Å². The van der Waals surface area contributed by atoms with E-state index in [0.717, 1.165) is 18.4 Å². The Labute approximate surface area is 88.4 Å². The Morgan fingerprint density at radius 2 is 2.13 bits per heavy atom. The summed E-state index contributed by atoms with van der Waals surface area (Å²) in [6.45, 7) is 0. The Morgan fingerprint density at radius 3 is 2.60 bits per heavy atom. The van der Waals surface area contributed by atoms with Gasteiger partial charge >= 0.3 is 5.97 Å². The van der Waals surface area contributed by atoms with Gasteiger partial charge in [0.2, 0.25) is 0 Å². The van der Waals surface area contributed by atoms with Crippen LogP contribution in [-0.4, -0.2) is 18.1 Å². The fourth-order valence-corrected chi connectivity index (χ4v) is 1.87. The first-order valence-corrected chi connectivity index (χ1v) is 4.94. The average Bonchev–Trinajstić information content (AvgIpc) is 3.09. The highest BCUT2D eigenvalue weighted by Gasteiger charge is 2.56. The summed E-state index contributed by atoms with van der Waals surface area (Å²) in [5.74, 6) is -0.202. The third-order valence-corrected chi connectivity index (χ3v) is 3.04. The molecular weight excluding hydrogens is 192 g/mol. The maximum absolute atomic E-state index is 11.6. The minimum Gasteiger partial charge on any atom is -0.469 e. The van der Waals surface area contributed by atoms with Gasteiger partial charge in [-0.25, -0.2) is 0 Å². The van der Waals surface area contributed by atoms with E-state index in [2.05, 4.69) is 4.98 Å². The van der Waals surface area contributed by atoms with Crippen molar-refractivity contribution < 1.29 is 9.53 Å². The van der Waals surface area contributed by atoms with Gasteiger partial charge in [-0.15, -0.1) is 0 Å². The lowest BCUT2D eigenvalue weighted by Crippen LogP contribution is -2.31. The van der Waals surface area contributed by atoms with Crippen molar-refractivity contribution >= 4 is 5.97 Å². The number of rotatable bonds is 3. The molecule has 2 rings (SSSR count). The molecule has 1 aliphatic carbocycles. The zero-order valence-electron chi connectivity index (χ0n) is 8.64. The van der Waals surface area contributed by atoms with Crippen molar-refractivity contribution in [2.45, 2.75) is 18.9 Å². The number of nitrogens with zero attached hydrogens (tertiary/aromatic N) is 1. The Hall–Kier alpha value is -1.42. The Morgan fingerprint density at radius 1 is 1.53 bits per heavy atom. The highest BCUT2D eigenvalue weighted by atomic mass is 16.5. The lowest BCUT2D eigenvalue weighted by Gasteiger charge is -2.20. The molecule has 1 unspecified atom stereocenters. The molecule has 0 saturated heterocycles. The summed E-state index contributed by atoms with van der Waals surface area (Å²) in [5, 5.41) is 0. The zero-order chi connectivity index (χ0) is 10.9. The number of esters is 1. The SMILES string of the molecule is COC(=O)C1(C(N)c2ccncc2)CC1. The molecule has 4 nitrogen and oxygen atoms in total. The van der Waals surface area contributed by atoms with Crippen molar-refractivity contribution in [3.8, 4) is 0 Å². The molecule has 0 bridgehead atoms. The molecule has 1 fully saturated rings. The molecule has 0 aliphatic heterocycles. The van der Waals surface area contributed by atoms with Gasteiger partial charge in [-0.2, -0.15) is 0 Å². The molecule has 80 valence electrons. The number of hydrogen-bond acceptors (Lipinski definition) is 4. The van der Waals surface area contributed by atoms with E-state index in [1.54, 1.807) is 12.4 Å². The molecule has 1 saturated carbocycles. The van der Waals surface area contributed by atoms with E-state index in [-0.39, 0.29) is 12.0 Å². The summed E-state index contributed by atoms with van der Waals surface area (Å²) in [6.07, 6.45) is 4.98. The van der Waals surface area contributed by atoms with E-state index in [4.69, 9.17) is 10.5 Å². The molecule has 15 heavy (non-hydrogen) atoms. The third kappa shape index (κ3) is 1.61. The normalized spacial score (nSPS) is 19.3. The minimum atomic E-state index is -0.490. The fourth-order valence-electron chi connectivity index (χ4n) is 1.87. The molecule has 0 aromatic carbocycles. The van der Waals surface area contributed by atoms with Gasteiger partial charge in [0.05, 0.1) is 12.5 Å². The van der Waals surface area contributed by atoms with E-state index in [9.17, 15) is 4.79 Å². The van der Waals surface area contributed by atoms with Crippen LogP contribution in [0.1, 0.15) is 24.4 Å². The molecule has 1 aromatic rings. The monoisotopic (exact) mass is 206 g/mol. The summed E-state index contributed by atoms with van der Waals surface area (Å²) in [5.41, 5.74) is 6.53. The van der Waals surface area contributed by atoms with Crippen LogP contribution in [0.3, 0.4) is 0 Å². The lowest BCUT2D eigenvalue weighted by atomic mass is 9.91. The molecule has 0 spiro atoms. The molecule has 0 radical (unpaired) electrons. The number of pyridine rings is 1. The molecule has 1 heterocycles. The number of carbonyl (C=O) groups excluding carboxylic acids is 1. The summed E-state index contributed by atoms with van der Waals surface area (Å²) >= 11 is 0. The zero-order valence-corrected chi connectivity index (χ0v) is 8.64. The van der Waals surface area contributed by atoms with Crippen molar-refractivity contribution in [2.24, 2.45) is 11.1 Å². The van der Waals surface area contributed by atoms with Gasteiger partial charge in [-0.1, -0.05) is 0 Å². The molecule has 1 aromatic heterocycles. The highest BCUT2D eigenvalue weighted by Crippen LogP contribution is 2.54. The van der Waals surface area contributed by atoms with Crippen molar-refractivity contribution in [1.29, 1.82) is 0 Å². The number of carbonyl (C=O) groups is 1. The first kappa shape index (κ1) is 10.1. The Bertz CT molecular complexity index is 360. The summed E-state index contributed by atoms with van der Waals surface area (Å²) in [7, 11) is 1.40. The van der Waals surface area contributed by atoms with E-state index < -0.39 is 5.41 Å². The van der Waals surface area contributed by atoms with Crippen molar-refractivity contribution in [3.63, 3.8) is 0 Å². The van der Waals surface area contributed by atoms with Crippen LogP contribution in [0.15, 0.2) is 24.5 Å². The smallest absolute Gasteiger partial charge is 0.313 e. The van der Waals surface area contributed by atoms with Gasteiger partial charge in [0.25, 0.3) is 0 Å². The van der Waals surface area contributed by atoms with E-state index in [1.807, 2.05) is 12.1 Å². The minimum absolute atomic E-state index is 0.202. The fraction of sp³-hybridized carbons (Fsp3) is 0.455. The molecule has 1 aliphatic rings. The molecule has 4 heteroatoms. The topological polar surface area (TPSA) is 65.2 Å². The van der Waals surface area contributed by atoms with Crippen LogP contribution in [0.25, 0.3) is 0 Å². The summed E-state index contributed by atoms with van der Waals surface area (Å²) in [6, 6.07) is 3.40. The second kappa shape index (κ2) is 3.62. The molecule has 0 amide bonds. The third-order valence-electron chi connectivity index (χ3n) is 3.04. The van der Waals surface area contributed by atoms with E-state index >= 15 is 0 Å². The van der Waals surface area contributed by atoms with Crippen molar-refractivity contribution in [1.82, 2.24) is 4.98 Å². The standard InChI is InChI=1S/C11H14N2O2/c1-15-10(14)11(4-5-11)9(12)8-2-6-13-7-3-8/h2-3,6-7,9H,4-5,12H2,1H3. The largest absolute Gasteiger partial charge is 0.469 e. The van der Waals surface area contributed by atoms with Gasteiger partial charge in [0.1, 0.15) is 0 Å². The summed E-state index contributed by atoms with van der Waals surface area (Å²) < 4.78 is 4.79. The maximum Gasteiger partial charge on any atom is 0.313 e. The van der Waals surface area contributed by atoms with Crippen LogP contribution in [0, 0.1) is 5.41 Å². The van der Waals surface area contributed by atoms with Crippen LogP contribution in [0.2, 0.25) is 0 Å². The number of nitrogens with two attached hydrogens (primary N) is 1. The summed E-state index contributed by atoms with van der Waals surface area (Å²) in [4.78, 5) is 15.5. The Balaban J connectivity index is 2.22. The predicted molar refractivity (Wildman–Crippen MR) is 54.8 cm³/mol. The second-order valence-electron chi connectivity index (χ2n) is 3.91. The van der Waals surface area contributed by atoms with Gasteiger partial charge in [0, 0.05) is 18.4 Å². The number of ether oxygens (including phenoxy) is 1. The Kier molecular flexibility index (Phi) is 2.44. The maximum atomic E-state index is 11.6. The van der Waals surface area contributed by atoms with Crippen LogP contribution < -0.4 is 5.73 Å².